The maximum atomic E-state index is 12.5. The molecule has 1 heterocycles. The first-order chi connectivity index (χ1) is 13.8. The lowest BCUT2D eigenvalue weighted by molar-refractivity contribution is -0.120. The second-order valence-corrected chi connectivity index (χ2v) is 8.51. The summed E-state index contributed by atoms with van der Waals surface area (Å²) < 4.78 is 0. The van der Waals surface area contributed by atoms with Crippen LogP contribution in [0.2, 0.25) is 0 Å². The minimum absolute atomic E-state index is 0.0372. The molecule has 3 rings (SSSR count). The van der Waals surface area contributed by atoms with Crippen molar-refractivity contribution in [3.63, 3.8) is 0 Å². The number of amides is 2. The highest BCUT2D eigenvalue weighted by atomic mass is 32.1. The van der Waals surface area contributed by atoms with E-state index in [0.29, 0.717) is 18.5 Å². The Morgan fingerprint density at radius 2 is 1.66 bits per heavy atom. The molecule has 0 unspecified atom stereocenters. The van der Waals surface area contributed by atoms with Gasteiger partial charge in [0.05, 0.1) is 17.1 Å². The van der Waals surface area contributed by atoms with Crippen LogP contribution in [0.3, 0.4) is 0 Å². The molecule has 5 nitrogen and oxygen atoms in total. The first-order valence-electron chi connectivity index (χ1n) is 9.44. The summed E-state index contributed by atoms with van der Waals surface area (Å²) in [4.78, 5) is 31.6. The summed E-state index contributed by atoms with van der Waals surface area (Å²) in [5.74, 6) is -0.0831. The van der Waals surface area contributed by atoms with E-state index in [1.54, 1.807) is 42.5 Å². The summed E-state index contributed by atoms with van der Waals surface area (Å²) in [7, 11) is 3.45. The van der Waals surface area contributed by atoms with Crippen LogP contribution in [0.15, 0.2) is 48.5 Å². The Morgan fingerprint density at radius 3 is 2.28 bits per heavy atom. The number of nitrogens with zero attached hydrogens (tertiary/aromatic N) is 2. The van der Waals surface area contributed by atoms with E-state index in [1.165, 1.54) is 5.56 Å². The maximum Gasteiger partial charge on any atom is 0.253 e. The largest absolute Gasteiger partial charge is 0.352 e. The standard InChI is InChI=1S/C23H25N3O2S/c1-15-5-9-18(10-6-15)22-20(29-16(2)25-22)13-21(27)24-14-17-7-11-19(12-8-17)23(28)26(3)4/h5-12H,13-14H2,1-4H3,(H,24,27). The molecule has 0 spiro atoms. The van der Waals surface area contributed by atoms with Crippen LogP contribution in [0, 0.1) is 13.8 Å². The number of rotatable bonds is 6. The van der Waals surface area contributed by atoms with Crippen LogP contribution in [-0.2, 0) is 17.8 Å². The van der Waals surface area contributed by atoms with Crippen LogP contribution >= 0.6 is 11.3 Å². The fourth-order valence-electron chi connectivity index (χ4n) is 2.96. The number of benzene rings is 2. The average Bonchev–Trinajstić information content (AvgIpc) is 3.06. The summed E-state index contributed by atoms with van der Waals surface area (Å²) in [5.41, 5.74) is 4.69. The summed E-state index contributed by atoms with van der Waals surface area (Å²) in [6.07, 6.45) is 0.298. The zero-order valence-corrected chi connectivity index (χ0v) is 18.0. The summed E-state index contributed by atoms with van der Waals surface area (Å²) >= 11 is 1.56. The molecule has 0 bridgehead atoms. The lowest BCUT2D eigenvalue weighted by Gasteiger charge is -2.11. The molecule has 3 aromatic rings. The molecule has 2 aromatic carbocycles. The molecule has 6 heteroatoms. The second-order valence-electron chi connectivity index (χ2n) is 7.22. The van der Waals surface area contributed by atoms with Crippen LogP contribution in [0.5, 0.6) is 0 Å². The van der Waals surface area contributed by atoms with Gasteiger partial charge >= 0.3 is 0 Å². The van der Waals surface area contributed by atoms with Gasteiger partial charge in [-0.05, 0) is 31.5 Å². The highest BCUT2D eigenvalue weighted by Crippen LogP contribution is 2.28. The van der Waals surface area contributed by atoms with Gasteiger partial charge in [0.25, 0.3) is 5.91 Å². The van der Waals surface area contributed by atoms with E-state index in [2.05, 4.69) is 22.4 Å². The third kappa shape index (κ3) is 5.29. The minimum atomic E-state index is -0.0459. The van der Waals surface area contributed by atoms with Crippen LogP contribution in [-0.4, -0.2) is 35.8 Å². The Balaban J connectivity index is 1.63. The lowest BCUT2D eigenvalue weighted by atomic mass is 10.1. The molecule has 1 aromatic heterocycles. The van der Waals surface area contributed by atoms with Crippen molar-refractivity contribution in [3.8, 4) is 11.3 Å². The number of aromatic nitrogens is 1. The van der Waals surface area contributed by atoms with Gasteiger partial charge in [-0.25, -0.2) is 4.98 Å². The van der Waals surface area contributed by atoms with Crippen molar-refractivity contribution in [2.75, 3.05) is 14.1 Å². The molecule has 1 N–H and O–H groups in total. The fourth-order valence-corrected chi connectivity index (χ4v) is 3.92. The monoisotopic (exact) mass is 407 g/mol. The molecule has 0 aliphatic carbocycles. The van der Waals surface area contributed by atoms with Gasteiger partial charge in [0.1, 0.15) is 0 Å². The predicted molar refractivity (Wildman–Crippen MR) is 117 cm³/mol. The summed E-state index contributed by atoms with van der Waals surface area (Å²) in [6.45, 7) is 4.43. The van der Waals surface area contributed by atoms with Crippen LogP contribution in [0.1, 0.15) is 31.4 Å². The maximum absolute atomic E-state index is 12.5. The van der Waals surface area contributed by atoms with E-state index in [0.717, 1.165) is 26.7 Å². The quantitative estimate of drug-likeness (QED) is 0.672. The van der Waals surface area contributed by atoms with Crippen LogP contribution in [0.25, 0.3) is 11.3 Å². The molecular formula is C23H25N3O2S. The van der Waals surface area contributed by atoms with E-state index in [4.69, 9.17) is 0 Å². The smallest absolute Gasteiger partial charge is 0.253 e. The van der Waals surface area contributed by atoms with Gasteiger partial charge in [0, 0.05) is 36.6 Å². The van der Waals surface area contributed by atoms with Gasteiger partial charge in [0.2, 0.25) is 5.91 Å². The van der Waals surface area contributed by atoms with E-state index >= 15 is 0 Å². The zero-order chi connectivity index (χ0) is 21.0. The summed E-state index contributed by atoms with van der Waals surface area (Å²) in [5, 5.41) is 3.91. The van der Waals surface area contributed by atoms with Gasteiger partial charge in [-0.15, -0.1) is 11.3 Å². The fraction of sp³-hybridized carbons (Fsp3) is 0.261. The topological polar surface area (TPSA) is 62.3 Å². The van der Waals surface area contributed by atoms with Crippen LogP contribution in [0.4, 0.5) is 0 Å². The molecule has 150 valence electrons. The summed E-state index contributed by atoms with van der Waals surface area (Å²) in [6, 6.07) is 15.5. The third-order valence-electron chi connectivity index (χ3n) is 4.55. The van der Waals surface area contributed by atoms with Crippen LogP contribution < -0.4 is 5.32 Å². The van der Waals surface area contributed by atoms with Gasteiger partial charge < -0.3 is 10.2 Å². The first kappa shape index (κ1) is 20.7. The zero-order valence-electron chi connectivity index (χ0n) is 17.2. The van der Waals surface area contributed by atoms with E-state index in [-0.39, 0.29) is 11.8 Å². The Morgan fingerprint density at radius 1 is 1.00 bits per heavy atom. The molecular weight excluding hydrogens is 382 g/mol. The van der Waals surface area contributed by atoms with E-state index in [1.807, 2.05) is 38.1 Å². The van der Waals surface area contributed by atoms with Crippen molar-refractivity contribution in [2.24, 2.45) is 0 Å². The molecule has 0 atom stereocenters. The van der Waals surface area contributed by atoms with Crippen molar-refractivity contribution >= 4 is 23.2 Å². The van der Waals surface area contributed by atoms with E-state index < -0.39 is 0 Å². The Labute approximate surface area is 175 Å². The van der Waals surface area contributed by atoms with Crippen molar-refractivity contribution in [1.82, 2.24) is 15.2 Å². The normalized spacial score (nSPS) is 10.6. The van der Waals surface area contributed by atoms with Crippen molar-refractivity contribution < 1.29 is 9.59 Å². The Kier molecular flexibility index (Phi) is 6.44. The van der Waals surface area contributed by atoms with E-state index in [9.17, 15) is 9.59 Å². The predicted octanol–water partition coefficient (Wildman–Crippen LogP) is 3.99. The molecule has 0 fully saturated rings. The number of nitrogens with one attached hydrogen (secondary N) is 1. The Bertz CT molecular complexity index is 1010. The van der Waals surface area contributed by atoms with Gasteiger partial charge in [-0.2, -0.15) is 0 Å². The molecule has 0 saturated carbocycles. The SMILES string of the molecule is Cc1ccc(-c2nc(C)sc2CC(=O)NCc2ccc(C(=O)N(C)C)cc2)cc1. The molecule has 0 aliphatic heterocycles. The molecule has 0 radical (unpaired) electrons. The van der Waals surface area contributed by atoms with Crippen molar-refractivity contribution in [2.45, 2.75) is 26.8 Å². The minimum Gasteiger partial charge on any atom is -0.352 e. The third-order valence-corrected chi connectivity index (χ3v) is 5.52. The number of hydrogen-bond acceptors (Lipinski definition) is 4. The number of aryl methyl sites for hydroxylation is 2. The first-order valence-corrected chi connectivity index (χ1v) is 10.3. The number of carbonyl (C=O) groups is 2. The van der Waals surface area contributed by atoms with Crippen molar-refractivity contribution in [3.05, 3.63) is 75.1 Å². The average molecular weight is 408 g/mol. The van der Waals surface area contributed by atoms with Gasteiger partial charge in [0.15, 0.2) is 0 Å². The molecule has 0 saturated heterocycles. The van der Waals surface area contributed by atoms with Gasteiger partial charge in [-0.3, -0.25) is 9.59 Å². The molecule has 2 amide bonds. The molecule has 29 heavy (non-hydrogen) atoms. The number of hydrogen-bond donors (Lipinski definition) is 1. The number of thiazole rings is 1. The van der Waals surface area contributed by atoms with Crippen molar-refractivity contribution in [1.29, 1.82) is 0 Å². The highest BCUT2D eigenvalue weighted by Gasteiger charge is 2.15. The second kappa shape index (κ2) is 9.01. The van der Waals surface area contributed by atoms with Gasteiger partial charge in [-0.1, -0.05) is 42.0 Å². The molecule has 0 aliphatic rings. The number of carbonyl (C=O) groups excluding carboxylic acids is 2. The Hall–Kier alpha value is -2.99. The highest BCUT2D eigenvalue weighted by molar-refractivity contribution is 7.12. The lowest BCUT2D eigenvalue weighted by Crippen LogP contribution is -2.24.